The number of benzene rings is 8. The third-order valence-electron chi connectivity index (χ3n) is 8.60. The summed E-state index contributed by atoms with van der Waals surface area (Å²) in [4.78, 5) is 0. The van der Waals surface area contributed by atoms with Crippen LogP contribution in [0, 0.1) is 0 Å². The number of hydrogen-bond acceptors (Lipinski definition) is 0. The van der Waals surface area contributed by atoms with Crippen molar-refractivity contribution in [2.24, 2.45) is 0 Å². The maximum Gasteiger partial charge on any atom is 0 e. The SMILES string of the molecule is [F][Sb-]([F])([F])([F])([F])[F].[Rh].c1ccc(P(c2ccccc2)c2ccc3ccccc3c2-c2c(P(c3ccccc3)c3ccccc3)ccc3ccccc23)cc1. The van der Waals surface area contributed by atoms with Crippen LogP contribution in [0.15, 0.2) is 194 Å². The molecule has 0 atom stereocenters. The molecular formula is C44H32F6P2RhSb-. The topological polar surface area (TPSA) is 0 Å². The monoisotopic (exact) mass is 960 g/mol. The molecule has 0 spiro atoms. The van der Waals surface area contributed by atoms with E-state index in [0.717, 1.165) is 0 Å². The quantitative estimate of drug-likeness (QED) is 0.0848. The van der Waals surface area contributed by atoms with Crippen LogP contribution in [0.5, 0.6) is 0 Å². The molecule has 0 saturated heterocycles. The zero-order valence-electron chi connectivity index (χ0n) is 28.4. The zero-order chi connectivity index (χ0) is 37.1. The van der Waals surface area contributed by atoms with Gasteiger partial charge in [0.1, 0.15) is 0 Å². The van der Waals surface area contributed by atoms with Gasteiger partial charge in [-0.1, -0.05) is 194 Å². The van der Waals surface area contributed by atoms with Crippen LogP contribution >= 0.6 is 15.8 Å². The van der Waals surface area contributed by atoms with Crippen LogP contribution in [-0.2, 0) is 19.5 Å². The van der Waals surface area contributed by atoms with Gasteiger partial charge in [0.25, 0.3) is 0 Å². The van der Waals surface area contributed by atoms with Crippen molar-refractivity contribution < 1.29 is 36.4 Å². The minimum absolute atomic E-state index is 0. The minimum atomic E-state index is -11.2. The first kappa shape index (κ1) is 39.8. The average Bonchev–Trinajstić information content (AvgIpc) is 3.15. The van der Waals surface area contributed by atoms with Crippen molar-refractivity contribution in [3.05, 3.63) is 194 Å². The van der Waals surface area contributed by atoms with Gasteiger partial charge < -0.3 is 0 Å². The first-order valence-electron chi connectivity index (χ1n) is 16.7. The Morgan fingerprint density at radius 3 is 0.815 bits per heavy atom. The van der Waals surface area contributed by atoms with Crippen LogP contribution in [0.25, 0.3) is 32.7 Å². The van der Waals surface area contributed by atoms with Gasteiger partial charge in [0, 0.05) is 19.5 Å². The van der Waals surface area contributed by atoms with Gasteiger partial charge in [-0.05, 0) is 80.3 Å². The molecule has 54 heavy (non-hydrogen) atoms. The molecule has 0 aliphatic rings. The Morgan fingerprint density at radius 2 is 0.537 bits per heavy atom. The van der Waals surface area contributed by atoms with E-state index in [1.54, 1.807) is 0 Å². The summed E-state index contributed by atoms with van der Waals surface area (Å²) in [7, 11) is -1.70. The molecule has 0 amide bonds. The summed E-state index contributed by atoms with van der Waals surface area (Å²) in [6.45, 7) is 0. The molecule has 0 unspecified atom stereocenters. The summed E-state index contributed by atoms with van der Waals surface area (Å²) in [5.41, 5.74) is 2.70. The summed E-state index contributed by atoms with van der Waals surface area (Å²) < 4.78 is 59.6. The van der Waals surface area contributed by atoms with Crippen LogP contribution in [0.2, 0.25) is 0 Å². The van der Waals surface area contributed by atoms with E-state index in [2.05, 4.69) is 194 Å². The van der Waals surface area contributed by atoms with Crippen LogP contribution < -0.4 is 31.8 Å². The molecule has 0 heterocycles. The fourth-order valence-corrected chi connectivity index (χ4v) is 11.5. The molecule has 8 rings (SSSR count). The summed E-state index contributed by atoms with van der Waals surface area (Å²) in [6.07, 6.45) is 0. The van der Waals surface area contributed by atoms with Crippen LogP contribution in [0.1, 0.15) is 0 Å². The van der Waals surface area contributed by atoms with Crippen molar-refractivity contribution in [2.45, 2.75) is 0 Å². The molecule has 0 saturated carbocycles. The molecule has 1 radical (unpaired) electrons. The third kappa shape index (κ3) is 9.87. The number of hydrogen-bond donors (Lipinski definition) is 0. The second kappa shape index (κ2) is 15.7. The first-order chi connectivity index (χ1) is 25.3. The maximum atomic E-state index is 9.93. The van der Waals surface area contributed by atoms with Gasteiger partial charge in [-0.25, -0.2) is 0 Å². The molecule has 8 aromatic rings. The van der Waals surface area contributed by atoms with Crippen LogP contribution in [0.4, 0.5) is 16.9 Å². The predicted octanol–water partition coefficient (Wildman–Crippen LogP) is 11.3. The summed E-state index contributed by atoms with van der Waals surface area (Å²) >= 11 is -11.2. The van der Waals surface area contributed by atoms with Gasteiger partial charge in [0.2, 0.25) is 0 Å². The Morgan fingerprint density at radius 1 is 0.296 bits per heavy atom. The van der Waals surface area contributed by atoms with Gasteiger partial charge in [0.15, 0.2) is 0 Å². The molecule has 0 N–H and O–H groups in total. The summed E-state index contributed by atoms with van der Waals surface area (Å²) in [5.74, 6) is 0. The van der Waals surface area contributed by atoms with Crippen molar-refractivity contribution in [2.75, 3.05) is 0 Å². The smallest absolute Gasteiger partial charge is 0 e. The normalized spacial score (nSPS) is 12.7. The van der Waals surface area contributed by atoms with Gasteiger partial charge >= 0.3 is 36.4 Å². The molecule has 0 bridgehead atoms. The first-order valence-corrected chi connectivity index (χ1v) is 25.2. The number of halogens is 6. The average molecular weight is 961 g/mol. The number of rotatable bonds is 7. The van der Waals surface area contributed by atoms with E-state index < -0.39 is 35.3 Å². The molecule has 0 aliphatic carbocycles. The van der Waals surface area contributed by atoms with Crippen molar-refractivity contribution in [1.29, 1.82) is 0 Å². The van der Waals surface area contributed by atoms with Crippen molar-refractivity contribution >= 4 is 88.7 Å². The van der Waals surface area contributed by atoms with Gasteiger partial charge in [-0.15, -0.1) is 0 Å². The molecule has 0 aliphatic heterocycles. The third-order valence-corrected chi connectivity index (χ3v) is 13.6. The molecule has 0 aromatic heterocycles. The largest absolute Gasteiger partial charge is 0.0622 e. The number of fused-ring (bicyclic) bond motifs is 2. The van der Waals surface area contributed by atoms with E-state index >= 15 is 0 Å². The predicted molar refractivity (Wildman–Crippen MR) is 217 cm³/mol. The van der Waals surface area contributed by atoms with E-state index in [1.807, 2.05) is 0 Å². The van der Waals surface area contributed by atoms with Crippen LogP contribution in [-0.4, -0.2) is 19.5 Å². The fourth-order valence-electron chi connectivity index (χ4n) is 6.58. The van der Waals surface area contributed by atoms with Crippen molar-refractivity contribution in [3.63, 3.8) is 0 Å². The molecule has 10 heteroatoms. The minimum Gasteiger partial charge on any atom is -0.0622 e. The van der Waals surface area contributed by atoms with E-state index in [1.165, 1.54) is 64.5 Å². The Bertz CT molecular complexity index is 2250. The van der Waals surface area contributed by atoms with Crippen molar-refractivity contribution in [3.8, 4) is 11.1 Å². The Balaban J connectivity index is 0.000000569. The maximum absolute atomic E-state index is 11.2. The van der Waals surface area contributed by atoms with Gasteiger partial charge in [-0.3, -0.25) is 0 Å². The Kier molecular flexibility index (Phi) is 11.6. The molecule has 0 nitrogen and oxygen atoms in total. The fraction of sp³-hybridized carbons (Fsp3) is 0. The molecule has 8 aromatic carbocycles. The van der Waals surface area contributed by atoms with E-state index in [-0.39, 0.29) is 19.5 Å². The second-order valence-corrected chi connectivity index (χ2v) is 22.2. The second-order valence-electron chi connectivity index (χ2n) is 12.3. The van der Waals surface area contributed by atoms with Crippen LogP contribution in [0.3, 0.4) is 0 Å². The van der Waals surface area contributed by atoms with E-state index in [0.29, 0.717) is 0 Å². The van der Waals surface area contributed by atoms with Gasteiger partial charge in [0.05, 0.1) is 0 Å². The molecular weight excluding hydrogens is 929 g/mol. The van der Waals surface area contributed by atoms with E-state index in [4.69, 9.17) is 0 Å². The molecule has 275 valence electrons. The Labute approximate surface area is 328 Å². The Hall–Kier alpha value is -3.84. The van der Waals surface area contributed by atoms with Crippen molar-refractivity contribution in [1.82, 2.24) is 0 Å². The molecule has 0 fully saturated rings. The zero-order valence-corrected chi connectivity index (χ0v) is 34.4. The summed E-state index contributed by atoms with van der Waals surface area (Å²) in [6, 6.07) is 71.8. The van der Waals surface area contributed by atoms with Gasteiger partial charge in [-0.2, -0.15) is 0 Å². The summed E-state index contributed by atoms with van der Waals surface area (Å²) in [5, 5.41) is 13.3. The standard InChI is InChI=1S/C44H32P2.6FH.Rh.Sb/c1-5-19-35(20-6-1)45(36-21-7-2-8-22-36)41-31-29-33-17-13-15-27-39(33)43(41)44-40-28-16-14-18-34(40)30-32-42(44)46(37-23-9-3-10-24-37)38-25-11-4-12-26-38;;;;;;;;/h1-32H;6*1H;;/q;;;;;;;;+5/p-6. The van der Waals surface area contributed by atoms with E-state index in [9.17, 15) is 16.9 Å².